The van der Waals surface area contributed by atoms with Crippen molar-refractivity contribution in [2.45, 2.75) is 44.6 Å². The Balaban J connectivity index is 1.68. The molecular weight excluding hydrogens is 206 g/mol. The van der Waals surface area contributed by atoms with Crippen molar-refractivity contribution in [2.24, 2.45) is 11.7 Å². The molecule has 0 saturated heterocycles. The predicted molar refractivity (Wildman–Crippen MR) is 73.8 cm³/mol. The highest BCUT2D eigenvalue weighted by Gasteiger charge is 2.15. The van der Waals surface area contributed by atoms with Crippen LogP contribution in [0.4, 0.5) is 0 Å². The summed E-state index contributed by atoms with van der Waals surface area (Å²) < 4.78 is 0. The van der Waals surface area contributed by atoms with Crippen molar-refractivity contribution < 1.29 is 0 Å². The van der Waals surface area contributed by atoms with E-state index in [1.165, 1.54) is 31.2 Å². The van der Waals surface area contributed by atoms with Gasteiger partial charge in [-0.15, -0.1) is 0 Å². The lowest BCUT2D eigenvalue weighted by atomic mass is 9.86. The number of aryl methyl sites for hydroxylation is 1. The highest BCUT2D eigenvalue weighted by molar-refractivity contribution is 5.15. The third-order valence-corrected chi connectivity index (χ3v) is 3.67. The Hall–Kier alpha value is -1.08. The van der Waals surface area contributed by atoms with Gasteiger partial charge in [0.2, 0.25) is 0 Å². The van der Waals surface area contributed by atoms with Crippen LogP contribution in [0.25, 0.3) is 0 Å². The van der Waals surface area contributed by atoms with E-state index in [1.807, 2.05) is 0 Å². The molecule has 1 fully saturated rings. The first-order valence-corrected chi connectivity index (χ1v) is 6.81. The average molecular weight is 229 g/mol. The van der Waals surface area contributed by atoms with E-state index in [4.69, 9.17) is 5.73 Å². The summed E-state index contributed by atoms with van der Waals surface area (Å²) in [7, 11) is 0. The summed E-state index contributed by atoms with van der Waals surface area (Å²) in [6.45, 7) is 0. The van der Waals surface area contributed by atoms with Gasteiger partial charge >= 0.3 is 0 Å². The molecule has 0 bridgehead atoms. The molecule has 1 aromatic carbocycles. The lowest BCUT2D eigenvalue weighted by Crippen LogP contribution is -2.25. The second kappa shape index (κ2) is 6.61. The van der Waals surface area contributed by atoms with Gasteiger partial charge in [0.1, 0.15) is 0 Å². The van der Waals surface area contributed by atoms with E-state index in [2.05, 4.69) is 42.5 Å². The standard InChI is InChI=1S/C16H23N/c17-16-12-10-15(11-13-16)9-5-4-8-14-6-2-1-3-7-14/h1-3,5-7,9,15-16H,4,8,10-13,17H2/t15-,16-. The van der Waals surface area contributed by atoms with Crippen molar-refractivity contribution in [2.75, 3.05) is 0 Å². The fraction of sp³-hybridized carbons (Fsp3) is 0.500. The van der Waals surface area contributed by atoms with Gasteiger partial charge in [0.05, 0.1) is 0 Å². The van der Waals surface area contributed by atoms with Gasteiger partial charge in [-0.3, -0.25) is 0 Å². The molecule has 0 aliphatic heterocycles. The predicted octanol–water partition coefficient (Wildman–Crippen LogP) is 3.69. The summed E-state index contributed by atoms with van der Waals surface area (Å²) in [4.78, 5) is 0. The zero-order valence-corrected chi connectivity index (χ0v) is 10.5. The molecule has 1 aromatic rings. The Bertz CT molecular complexity index is 334. The summed E-state index contributed by atoms with van der Waals surface area (Å²) in [5, 5.41) is 0. The van der Waals surface area contributed by atoms with Crippen LogP contribution < -0.4 is 5.73 Å². The number of benzene rings is 1. The molecule has 1 aliphatic rings. The summed E-state index contributed by atoms with van der Waals surface area (Å²) in [6.07, 6.45) is 12.0. The molecule has 0 amide bonds. The van der Waals surface area contributed by atoms with Crippen molar-refractivity contribution in [1.82, 2.24) is 0 Å². The third kappa shape index (κ3) is 4.35. The molecular formula is C16H23N. The maximum absolute atomic E-state index is 5.90. The van der Waals surface area contributed by atoms with E-state index in [9.17, 15) is 0 Å². The zero-order chi connectivity index (χ0) is 11.9. The summed E-state index contributed by atoms with van der Waals surface area (Å²) >= 11 is 0. The second-order valence-corrected chi connectivity index (χ2v) is 5.13. The third-order valence-electron chi connectivity index (χ3n) is 3.67. The minimum atomic E-state index is 0.462. The monoisotopic (exact) mass is 229 g/mol. The molecule has 0 heterocycles. The van der Waals surface area contributed by atoms with Crippen LogP contribution in [0.2, 0.25) is 0 Å². The Labute approximate surface area is 105 Å². The topological polar surface area (TPSA) is 26.0 Å². The second-order valence-electron chi connectivity index (χ2n) is 5.13. The first-order valence-electron chi connectivity index (χ1n) is 6.81. The van der Waals surface area contributed by atoms with Crippen LogP contribution in [-0.2, 0) is 6.42 Å². The minimum Gasteiger partial charge on any atom is -0.328 e. The van der Waals surface area contributed by atoms with E-state index in [1.54, 1.807) is 0 Å². The van der Waals surface area contributed by atoms with Gasteiger partial charge in [-0.2, -0.15) is 0 Å². The molecule has 0 atom stereocenters. The molecule has 1 nitrogen and oxygen atoms in total. The molecule has 92 valence electrons. The van der Waals surface area contributed by atoms with Crippen molar-refractivity contribution in [3.63, 3.8) is 0 Å². The first-order chi connectivity index (χ1) is 8.34. The van der Waals surface area contributed by atoms with Crippen LogP contribution in [-0.4, -0.2) is 6.04 Å². The number of nitrogens with two attached hydrogens (primary N) is 1. The van der Waals surface area contributed by atoms with Crippen molar-refractivity contribution >= 4 is 0 Å². The van der Waals surface area contributed by atoms with Gasteiger partial charge in [-0.1, -0.05) is 42.5 Å². The lowest BCUT2D eigenvalue weighted by Gasteiger charge is -2.23. The van der Waals surface area contributed by atoms with Crippen LogP contribution in [0.5, 0.6) is 0 Å². The maximum Gasteiger partial charge on any atom is 0.00392 e. The normalized spacial score (nSPS) is 25.2. The highest BCUT2D eigenvalue weighted by Crippen LogP contribution is 2.24. The van der Waals surface area contributed by atoms with Crippen LogP contribution in [0.15, 0.2) is 42.5 Å². The van der Waals surface area contributed by atoms with Crippen LogP contribution >= 0.6 is 0 Å². The fourth-order valence-corrected chi connectivity index (χ4v) is 2.52. The van der Waals surface area contributed by atoms with Gasteiger partial charge < -0.3 is 5.73 Å². The molecule has 0 radical (unpaired) electrons. The van der Waals surface area contributed by atoms with Gasteiger partial charge in [0.25, 0.3) is 0 Å². The Kier molecular flexibility index (Phi) is 4.81. The van der Waals surface area contributed by atoms with E-state index < -0.39 is 0 Å². The number of rotatable bonds is 4. The van der Waals surface area contributed by atoms with E-state index in [0.29, 0.717) is 6.04 Å². The lowest BCUT2D eigenvalue weighted by molar-refractivity contribution is 0.375. The van der Waals surface area contributed by atoms with Gasteiger partial charge in [-0.25, -0.2) is 0 Å². The van der Waals surface area contributed by atoms with Crippen LogP contribution in [0.3, 0.4) is 0 Å². The van der Waals surface area contributed by atoms with Crippen molar-refractivity contribution in [1.29, 1.82) is 0 Å². The van der Waals surface area contributed by atoms with Gasteiger partial charge in [0, 0.05) is 6.04 Å². The van der Waals surface area contributed by atoms with Crippen molar-refractivity contribution in [3.8, 4) is 0 Å². The minimum absolute atomic E-state index is 0.462. The van der Waals surface area contributed by atoms with Gasteiger partial charge in [-0.05, 0) is 50.0 Å². The number of hydrogen-bond acceptors (Lipinski definition) is 1. The highest BCUT2D eigenvalue weighted by atomic mass is 14.6. The van der Waals surface area contributed by atoms with Gasteiger partial charge in [0.15, 0.2) is 0 Å². The molecule has 17 heavy (non-hydrogen) atoms. The van der Waals surface area contributed by atoms with Crippen LogP contribution in [0.1, 0.15) is 37.7 Å². The quantitative estimate of drug-likeness (QED) is 0.783. The fourth-order valence-electron chi connectivity index (χ4n) is 2.52. The van der Waals surface area contributed by atoms with E-state index >= 15 is 0 Å². The number of allylic oxidation sites excluding steroid dienone is 2. The van der Waals surface area contributed by atoms with E-state index in [0.717, 1.165) is 18.8 Å². The van der Waals surface area contributed by atoms with Crippen LogP contribution in [0, 0.1) is 5.92 Å². The first kappa shape index (κ1) is 12.4. The molecule has 0 aromatic heterocycles. The molecule has 1 saturated carbocycles. The molecule has 0 spiro atoms. The summed E-state index contributed by atoms with van der Waals surface area (Å²) in [5.41, 5.74) is 7.34. The molecule has 1 aliphatic carbocycles. The summed E-state index contributed by atoms with van der Waals surface area (Å²) in [5.74, 6) is 0.783. The van der Waals surface area contributed by atoms with E-state index in [-0.39, 0.29) is 0 Å². The molecule has 2 N–H and O–H groups in total. The molecule has 0 unspecified atom stereocenters. The maximum atomic E-state index is 5.90. The largest absolute Gasteiger partial charge is 0.328 e. The molecule has 1 heteroatoms. The summed E-state index contributed by atoms with van der Waals surface area (Å²) in [6, 6.07) is 11.2. The smallest absolute Gasteiger partial charge is 0.00392 e. The SMILES string of the molecule is N[C@H]1CC[C@H](C=CCCc2ccccc2)CC1. The Morgan fingerprint density at radius 3 is 2.47 bits per heavy atom. The molecule has 2 rings (SSSR count). The average Bonchev–Trinajstić information content (AvgIpc) is 2.38. The van der Waals surface area contributed by atoms with Crippen molar-refractivity contribution in [3.05, 3.63) is 48.0 Å². The number of hydrogen-bond donors (Lipinski definition) is 1. The Morgan fingerprint density at radius 1 is 1.06 bits per heavy atom. The Morgan fingerprint density at radius 2 is 1.76 bits per heavy atom. The zero-order valence-electron chi connectivity index (χ0n) is 10.5.